The average molecular weight is 226 g/mol. The van der Waals surface area contributed by atoms with Gasteiger partial charge in [0, 0.05) is 18.6 Å². The van der Waals surface area contributed by atoms with Gasteiger partial charge in [0.15, 0.2) is 0 Å². The first-order valence-electron chi connectivity index (χ1n) is 7.13. The zero-order chi connectivity index (χ0) is 12.0. The summed E-state index contributed by atoms with van der Waals surface area (Å²) in [5.74, 6) is 0.884. The van der Waals surface area contributed by atoms with Crippen molar-refractivity contribution >= 4 is 0 Å². The topological polar surface area (TPSA) is 15.3 Å². The number of rotatable bonds is 6. The Kier molecular flexibility index (Phi) is 6.37. The summed E-state index contributed by atoms with van der Waals surface area (Å²) in [6.45, 7) is 9.17. The lowest BCUT2D eigenvalue weighted by Gasteiger charge is -2.40. The van der Waals surface area contributed by atoms with Gasteiger partial charge in [-0.25, -0.2) is 0 Å². The molecular formula is C14H30N2. The van der Waals surface area contributed by atoms with E-state index in [0.717, 1.165) is 25.0 Å². The van der Waals surface area contributed by atoms with Crippen molar-refractivity contribution in [3.63, 3.8) is 0 Å². The summed E-state index contributed by atoms with van der Waals surface area (Å²) in [5.41, 5.74) is 0. The smallest absolute Gasteiger partial charge is 0.0218 e. The third-order valence-corrected chi connectivity index (χ3v) is 4.27. The summed E-state index contributed by atoms with van der Waals surface area (Å²) < 4.78 is 0. The second-order valence-electron chi connectivity index (χ2n) is 5.36. The van der Waals surface area contributed by atoms with Gasteiger partial charge in [-0.2, -0.15) is 0 Å². The highest BCUT2D eigenvalue weighted by Crippen LogP contribution is 2.28. The Morgan fingerprint density at radius 1 is 1.25 bits per heavy atom. The number of hydrogen-bond acceptors (Lipinski definition) is 2. The normalized spacial score (nSPS) is 28.3. The maximum Gasteiger partial charge on any atom is 0.0218 e. The molecule has 0 aromatic rings. The Morgan fingerprint density at radius 2 is 1.94 bits per heavy atom. The molecule has 0 heterocycles. The summed E-state index contributed by atoms with van der Waals surface area (Å²) >= 11 is 0. The van der Waals surface area contributed by atoms with Gasteiger partial charge in [0.1, 0.15) is 0 Å². The van der Waals surface area contributed by atoms with E-state index in [4.69, 9.17) is 0 Å². The Bertz CT molecular complexity index is 182. The van der Waals surface area contributed by atoms with Crippen molar-refractivity contribution in [1.29, 1.82) is 0 Å². The second kappa shape index (κ2) is 7.29. The molecular weight excluding hydrogens is 196 g/mol. The molecule has 0 aliphatic heterocycles. The monoisotopic (exact) mass is 226 g/mol. The summed E-state index contributed by atoms with van der Waals surface area (Å²) in [6.07, 6.45) is 6.95. The third kappa shape index (κ3) is 3.74. The van der Waals surface area contributed by atoms with Crippen LogP contribution in [0.2, 0.25) is 0 Å². The molecule has 1 saturated carbocycles. The summed E-state index contributed by atoms with van der Waals surface area (Å²) in [5, 5.41) is 3.49. The van der Waals surface area contributed by atoms with E-state index in [9.17, 15) is 0 Å². The molecule has 96 valence electrons. The zero-order valence-corrected chi connectivity index (χ0v) is 11.6. The summed E-state index contributed by atoms with van der Waals surface area (Å²) in [7, 11) is 2.33. The minimum Gasteiger partial charge on any atom is -0.315 e. The van der Waals surface area contributed by atoms with E-state index in [1.165, 1.54) is 32.1 Å². The van der Waals surface area contributed by atoms with Crippen LogP contribution in [0.15, 0.2) is 0 Å². The van der Waals surface area contributed by atoms with Gasteiger partial charge in [0.05, 0.1) is 0 Å². The Hall–Kier alpha value is -0.0800. The molecule has 1 fully saturated rings. The molecule has 0 aromatic heterocycles. The van der Waals surface area contributed by atoms with Crippen LogP contribution in [-0.4, -0.2) is 37.1 Å². The number of nitrogens with zero attached hydrogens (tertiary/aromatic N) is 1. The second-order valence-corrected chi connectivity index (χ2v) is 5.36. The number of hydrogen-bond donors (Lipinski definition) is 1. The highest BCUT2D eigenvalue weighted by Gasteiger charge is 2.28. The van der Waals surface area contributed by atoms with Gasteiger partial charge < -0.3 is 5.32 Å². The molecule has 1 aliphatic rings. The van der Waals surface area contributed by atoms with Crippen LogP contribution in [0.4, 0.5) is 0 Å². The fourth-order valence-electron chi connectivity index (χ4n) is 3.06. The van der Waals surface area contributed by atoms with Crippen molar-refractivity contribution in [2.75, 3.05) is 20.1 Å². The van der Waals surface area contributed by atoms with Crippen LogP contribution in [-0.2, 0) is 0 Å². The van der Waals surface area contributed by atoms with Crippen LogP contribution < -0.4 is 5.32 Å². The fraction of sp³-hybridized carbons (Fsp3) is 1.00. The largest absolute Gasteiger partial charge is 0.315 e. The lowest BCUT2D eigenvalue weighted by atomic mass is 9.84. The molecule has 0 radical (unpaired) electrons. The molecule has 3 unspecified atom stereocenters. The Balaban J connectivity index is 2.47. The van der Waals surface area contributed by atoms with E-state index in [0.29, 0.717) is 6.04 Å². The van der Waals surface area contributed by atoms with Crippen LogP contribution >= 0.6 is 0 Å². The van der Waals surface area contributed by atoms with Crippen LogP contribution in [0.1, 0.15) is 52.9 Å². The van der Waals surface area contributed by atoms with Crippen molar-refractivity contribution in [3.05, 3.63) is 0 Å². The first-order chi connectivity index (χ1) is 7.70. The van der Waals surface area contributed by atoms with Gasteiger partial charge in [0.2, 0.25) is 0 Å². The minimum atomic E-state index is 0.713. The number of likely N-dealkylation sites (N-methyl/N-ethyl adjacent to an activating group) is 2. The van der Waals surface area contributed by atoms with E-state index in [1.807, 2.05) is 0 Å². The predicted molar refractivity (Wildman–Crippen MR) is 71.8 cm³/mol. The first kappa shape index (κ1) is 14.0. The van der Waals surface area contributed by atoms with Crippen LogP contribution in [0, 0.1) is 5.92 Å². The van der Waals surface area contributed by atoms with E-state index >= 15 is 0 Å². The quantitative estimate of drug-likeness (QED) is 0.749. The fourth-order valence-corrected chi connectivity index (χ4v) is 3.06. The molecule has 2 nitrogen and oxygen atoms in total. The molecule has 0 saturated heterocycles. The summed E-state index contributed by atoms with van der Waals surface area (Å²) in [6, 6.07) is 1.53. The standard InChI is InChI=1S/C14H30N2/c1-5-13(11-15-6-2)16(4)14-10-8-7-9-12(14)3/h12-15H,5-11H2,1-4H3. The van der Waals surface area contributed by atoms with E-state index in [1.54, 1.807) is 0 Å². The van der Waals surface area contributed by atoms with Crippen molar-refractivity contribution < 1.29 is 0 Å². The predicted octanol–water partition coefficient (Wildman–Crippen LogP) is 2.89. The summed E-state index contributed by atoms with van der Waals surface area (Å²) in [4.78, 5) is 2.65. The van der Waals surface area contributed by atoms with Gasteiger partial charge in [-0.3, -0.25) is 4.90 Å². The highest BCUT2D eigenvalue weighted by molar-refractivity contribution is 4.83. The number of nitrogens with one attached hydrogen (secondary N) is 1. The zero-order valence-electron chi connectivity index (χ0n) is 11.6. The maximum atomic E-state index is 3.49. The van der Waals surface area contributed by atoms with Crippen molar-refractivity contribution in [2.45, 2.75) is 65.0 Å². The van der Waals surface area contributed by atoms with E-state index in [-0.39, 0.29) is 0 Å². The highest BCUT2D eigenvalue weighted by atomic mass is 15.2. The molecule has 0 bridgehead atoms. The molecule has 16 heavy (non-hydrogen) atoms. The maximum absolute atomic E-state index is 3.49. The average Bonchev–Trinajstić information content (AvgIpc) is 2.30. The molecule has 0 amide bonds. The lowest BCUT2D eigenvalue weighted by Crippen LogP contribution is -2.48. The molecule has 0 spiro atoms. The van der Waals surface area contributed by atoms with Gasteiger partial charge in [0.25, 0.3) is 0 Å². The molecule has 1 rings (SSSR count). The van der Waals surface area contributed by atoms with Crippen molar-refractivity contribution in [3.8, 4) is 0 Å². The molecule has 0 aromatic carbocycles. The van der Waals surface area contributed by atoms with E-state index < -0.39 is 0 Å². The van der Waals surface area contributed by atoms with Gasteiger partial charge in [-0.05, 0) is 38.8 Å². The minimum absolute atomic E-state index is 0.713. The van der Waals surface area contributed by atoms with E-state index in [2.05, 4.69) is 38.0 Å². The Labute approximate surface area is 102 Å². The first-order valence-corrected chi connectivity index (χ1v) is 7.13. The molecule has 2 heteroatoms. The molecule has 1 N–H and O–H groups in total. The third-order valence-electron chi connectivity index (χ3n) is 4.27. The van der Waals surface area contributed by atoms with Crippen molar-refractivity contribution in [2.24, 2.45) is 5.92 Å². The van der Waals surface area contributed by atoms with Gasteiger partial charge in [-0.15, -0.1) is 0 Å². The van der Waals surface area contributed by atoms with Crippen LogP contribution in [0.3, 0.4) is 0 Å². The van der Waals surface area contributed by atoms with Gasteiger partial charge in [-0.1, -0.05) is 33.6 Å². The molecule has 3 atom stereocenters. The lowest BCUT2D eigenvalue weighted by molar-refractivity contribution is 0.0935. The van der Waals surface area contributed by atoms with Crippen molar-refractivity contribution in [1.82, 2.24) is 10.2 Å². The van der Waals surface area contributed by atoms with Gasteiger partial charge >= 0.3 is 0 Å². The van der Waals surface area contributed by atoms with Crippen LogP contribution in [0.5, 0.6) is 0 Å². The Morgan fingerprint density at radius 3 is 2.50 bits per heavy atom. The molecule has 1 aliphatic carbocycles. The van der Waals surface area contributed by atoms with Crippen LogP contribution in [0.25, 0.3) is 0 Å². The SMILES string of the molecule is CCNCC(CC)N(C)C1CCCCC1C.